The summed E-state index contributed by atoms with van der Waals surface area (Å²) >= 11 is 0. The van der Waals surface area contributed by atoms with Gasteiger partial charge < -0.3 is 22.3 Å². The number of hydrogen-bond donors (Lipinski definition) is 4. The van der Waals surface area contributed by atoms with Crippen LogP contribution in [-0.4, -0.2) is 23.4 Å². The Bertz CT molecular complexity index is 84.3. The zero-order chi connectivity index (χ0) is 7.49. The van der Waals surface area contributed by atoms with Crippen LogP contribution >= 0.6 is 0 Å². The van der Waals surface area contributed by atoms with Gasteiger partial charge in [-0.05, 0) is 6.42 Å². The van der Waals surface area contributed by atoms with Crippen LogP contribution in [0, 0.1) is 0 Å². The van der Waals surface area contributed by atoms with E-state index in [1.165, 1.54) is 0 Å². The van der Waals surface area contributed by atoms with Crippen molar-refractivity contribution in [1.82, 2.24) is 0 Å². The van der Waals surface area contributed by atoms with E-state index in [9.17, 15) is 0 Å². The smallest absolute Gasteiger partial charge is 0.103 e. The van der Waals surface area contributed by atoms with Crippen molar-refractivity contribution < 1.29 is 5.11 Å². The highest BCUT2D eigenvalue weighted by Crippen LogP contribution is 1.98. The molecule has 0 bridgehead atoms. The van der Waals surface area contributed by atoms with Gasteiger partial charge >= 0.3 is 0 Å². The van der Waals surface area contributed by atoms with E-state index in [0.717, 1.165) is 0 Å². The summed E-state index contributed by atoms with van der Waals surface area (Å²) in [4.78, 5) is 0. The number of aliphatic hydroxyl groups is 1. The Morgan fingerprint density at radius 3 is 2.11 bits per heavy atom. The molecule has 0 aromatic rings. The van der Waals surface area contributed by atoms with Gasteiger partial charge in [0.15, 0.2) is 0 Å². The minimum Gasteiger partial charge on any atom is -0.393 e. The van der Waals surface area contributed by atoms with Crippen LogP contribution in [0.5, 0.6) is 0 Å². The summed E-state index contributed by atoms with van der Waals surface area (Å²) in [5.41, 5.74) is 15.1. The predicted octanol–water partition coefficient (Wildman–Crippen LogP) is -1.67. The molecule has 0 aromatic carbocycles. The van der Waals surface area contributed by atoms with Gasteiger partial charge in [-0.1, -0.05) is 6.92 Å². The lowest BCUT2D eigenvalue weighted by Gasteiger charge is -2.27. The highest BCUT2D eigenvalue weighted by molar-refractivity contribution is 4.86. The zero-order valence-electron chi connectivity index (χ0n) is 5.67. The molecule has 0 aliphatic rings. The van der Waals surface area contributed by atoms with E-state index in [4.69, 9.17) is 22.3 Å². The lowest BCUT2D eigenvalue weighted by Crippen LogP contribution is -2.64. The van der Waals surface area contributed by atoms with Gasteiger partial charge in [0.2, 0.25) is 0 Å². The monoisotopic (exact) mass is 133 g/mol. The van der Waals surface area contributed by atoms with E-state index in [-0.39, 0.29) is 12.6 Å². The average Bonchev–Trinajstić information content (AvgIpc) is 1.86. The third kappa shape index (κ3) is 2.28. The Morgan fingerprint density at radius 1 is 1.56 bits per heavy atom. The minimum atomic E-state index is -1.12. The maximum atomic E-state index is 8.57. The van der Waals surface area contributed by atoms with Crippen LogP contribution in [0.15, 0.2) is 0 Å². The molecule has 1 atom stereocenters. The molecular formula is C5H15N3O. The predicted molar refractivity (Wildman–Crippen MR) is 36.5 cm³/mol. The summed E-state index contributed by atoms with van der Waals surface area (Å²) in [6.45, 7) is 1.59. The molecule has 0 saturated heterocycles. The normalized spacial score (nSPS) is 15.7. The standard InChI is InChI=1S/C5H15N3O/c1-2-4(6)5(7,8)3-9/h4,9H,2-3,6-8H2,1H3. The van der Waals surface area contributed by atoms with Gasteiger partial charge in [-0.2, -0.15) is 0 Å². The van der Waals surface area contributed by atoms with Crippen LogP contribution in [0.2, 0.25) is 0 Å². The second-order valence-corrected chi connectivity index (χ2v) is 2.29. The zero-order valence-corrected chi connectivity index (χ0v) is 5.67. The molecule has 0 aliphatic carbocycles. The first-order valence-corrected chi connectivity index (χ1v) is 2.98. The Morgan fingerprint density at radius 2 is 2.00 bits per heavy atom. The van der Waals surface area contributed by atoms with Gasteiger partial charge in [0.1, 0.15) is 5.66 Å². The number of hydrogen-bond acceptors (Lipinski definition) is 4. The van der Waals surface area contributed by atoms with Crippen molar-refractivity contribution in [2.75, 3.05) is 6.61 Å². The van der Waals surface area contributed by atoms with Crippen LogP contribution < -0.4 is 17.2 Å². The van der Waals surface area contributed by atoms with Crippen molar-refractivity contribution >= 4 is 0 Å². The van der Waals surface area contributed by atoms with Crippen LogP contribution in [0.1, 0.15) is 13.3 Å². The summed E-state index contributed by atoms with van der Waals surface area (Å²) in [5.74, 6) is 0. The van der Waals surface area contributed by atoms with Crippen molar-refractivity contribution in [3.63, 3.8) is 0 Å². The number of nitrogens with two attached hydrogens (primary N) is 3. The van der Waals surface area contributed by atoms with Crippen LogP contribution in [0.4, 0.5) is 0 Å². The first-order valence-electron chi connectivity index (χ1n) is 2.98. The molecular weight excluding hydrogens is 118 g/mol. The first kappa shape index (κ1) is 8.84. The molecule has 0 aromatic heterocycles. The second-order valence-electron chi connectivity index (χ2n) is 2.29. The van der Waals surface area contributed by atoms with Crippen molar-refractivity contribution in [3.8, 4) is 0 Å². The minimum absolute atomic E-state index is 0.276. The molecule has 7 N–H and O–H groups in total. The van der Waals surface area contributed by atoms with Gasteiger partial charge in [0.05, 0.1) is 6.61 Å². The van der Waals surface area contributed by atoms with E-state index in [0.29, 0.717) is 6.42 Å². The Hall–Kier alpha value is -0.160. The molecule has 4 nitrogen and oxygen atoms in total. The molecule has 0 saturated carbocycles. The molecule has 0 rings (SSSR count). The Kier molecular flexibility index (Phi) is 3.07. The molecule has 0 spiro atoms. The van der Waals surface area contributed by atoms with E-state index >= 15 is 0 Å². The molecule has 1 unspecified atom stereocenters. The molecule has 9 heavy (non-hydrogen) atoms. The molecule has 0 aliphatic heterocycles. The summed E-state index contributed by atoms with van der Waals surface area (Å²) < 4.78 is 0. The van der Waals surface area contributed by atoms with Crippen LogP contribution in [0.3, 0.4) is 0 Å². The summed E-state index contributed by atoms with van der Waals surface area (Å²) in [6.07, 6.45) is 0.674. The molecule has 0 radical (unpaired) electrons. The lowest BCUT2D eigenvalue weighted by atomic mass is 10.0. The SMILES string of the molecule is CCC(N)C(N)(N)CO. The van der Waals surface area contributed by atoms with Crippen molar-refractivity contribution in [1.29, 1.82) is 0 Å². The third-order valence-corrected chi connectivity index (χ3v) is 1.40. The summed E-state index contributed by atoms with van der Waals surface area (Å²) in [7, 11) is 0. The fraction of sp³-hybridized carbons (Fsp3) is 1.00. The highest BCUT2D eigenvalue weighted by atomic mass is 16.3. The molecule has 56 valence electrons. The molecule has 0 amide bonds. The van der Waals surface area contributed by atoms with Crippen molar-refractivity contribution in [2.24, 2.45) is 17.2 Å². The van der Waals surface area contributed by atoms with Gasteiger partial charge in [-0.3, -0.25) is 0 Å². The number of aliphatic hydroxyl groups excluding tert-OH is 1. The summed E-state index contributed by atoms with van der Waals surface area (Å²) in [6, 6.07) is -0.331. The van der Waals surface area contributed by atoms with E-state index in [2.05, 4.69) is 0 Å². The Balaban J connectivity index is 3.80. The topological polar surface area (TPSA) is 98.3 Å². The van der Waals surface area contributed by atoms with E-state index < -0.39 is 5.66 Å². The summed E-state index contributed by atoms with van der Waals surface area (Å²) in [5, 5.41) is 8.57. The van der Waals surface area contributed by atoms with Crippen molar-refractivity contribution in [2.45, 2.75) is 25.0 Å². The van der Waals surface area contributed by atoms with Crippen LogP contribution in [0.25, 0.3) is 0 Å². The number of rotatable bonds is 3. The molecule has 4 heteroatoms. The molecule has 0 fully saturated rings. The molecule has 0 heterocycles. The van der Waals surface area contributed by atoms with Gasteiger partial charge in [0, 0.05) is 6.04 Å². The highest BCUT2D eigenvalue weighted by Gasteiger charge is 2.24. The fourth-order valence-corrected chi connectivity index (χ4v) is 0.497. The fourth-order valence-electron chi connectivity index (χ4n) is 0.497. The Labute approximate surface area is 55.0 Å². The van der Waals surface area contributed by atoms with Gasteiger partial charge in [-0.25, -0.2) is 0 Å². The maximum Gasteiger partial charge on any atom is 0.103 e. The maximum absolute atomic E-state index is 8.57. The van der Waals surface area contributed by atoms with Gasteiger partial charge in [0.25, 0.3) is 0 Å². The third-order valence-electron chi connectivity index (χ3n) is 1.40. The average molecular weight is 133 g/mol. The quantitative estimate of drug-likeness (QED) is 0.346. The van der Waals surface area contributed by atoms with Crippen molar-refractivity contribution in [3.05, 3.63) is 0 Å². The van der Waals surface area contributed by atoms with E-state index in [1.54, 1.807) is 0 Å². The van der Waals surface area contributed by atoms with Crippen LogP contribution in [-0.2, 0) is 0 Å². The second kappa shape index (κ2) is 3.12. The first-order chi connectivity index (χ1) is 4.04. The van der Waals surface area contributed by atoms with Gasteiger partial charge in [-0.15, -0.1) is 0 Å². The van der Waals surface area contributed by atoms with E-state index in [1.807, 2.05) is 6.92 Å². The lowest BCUT2D eigenvalue weighted by molar-refractivity contribution is 0.173. The largest absolute Gasteiger partial charge is 0.393 e.